The Labute approximate surface area is 223 Å². The zero-order valence-corrected chi connectivity index (χ0v) is 22.0. The van der Waals surface area contributed by atoms with Crippen LogP contribution >= 0.6 is 0 Å². The van der Waals surface area contributed by atoms with Crippen LogP contribution in [0.3, 0.4) is 0 Å². The normalized spacial score (nSPS) is 14.8. The summed E-state index contributed by atoms with van der Waals surface area (Å²) in [4.78, 5) is 35.8. The van der Waals surface area contributed by atoms with Crippen LogP contribution in [0.4, 0.5) is 5.69 Å². The van der Waals surface area contributed by atoms with Gasteiger partial charge in [0.15, 0.2) is 0 Å². The third kappa shape index (κ3) is 4.92. The minimum Gasteiger partial charge on any atom is -0.399 e. The van der Waals surface area contributed by atoms with Gasteiger partial charge in [0.1, 0.15) is 6.04 Å². The van der Waals surface area contributed by atoms with Crippen LogP contribution in [0.25, 0.3) is 0 Å². The van der Waals surface area contributed by atoms with Crippen molar-refractivity contribution in [3.63, 3.8) is 0 Å². The van der Waals surface area contributed by atoms with E-state index in [-0.39, 0.29) is 18.4 Å². The third-order valence-electron chi connectivity index (χ3n) is 7.32. The predicted octanol–water partition coefficient (Wildman–Crippen LogP) is 4.00. The van der Waals surface area contributed by atoms with Crippen LogP contribution in [0.15, 0.2) is 85.2 Å². The van der Waals surface area contributed by atoms with E-state index in [0.717, 1.165) is 39.3 Å². The maximum absolute atomic E-state index is 14.3. The fourth-order valence-corrected chi connectivity index (χ4v) is 5.24. The largest absolute Gasteiger partial charge is 0.399 e. The van der Waals surface area contributed by atoms with Gasteiger partial charge < -0.3 is 20.1 Å². The standard InChI is InChI=1S/C31H33N5O2/c1-21-16-22(14-15-25(21)32)18-35-20-33-26-19-36(28(17-27(26)35)30(37)34(2)3)31(38)29(23-10-6-4-7-11-23)24-12-8-5-9-13-24/h4-16,20,28-29H,17-19,32H2,1-3H3. The number of likely N-dealkylation sites (N-methyl/N-ethyl adjacent to an activating group) is 1. The Balaban J connectivity index is 1.52. The molecule has 0 aliphatic carbocycles. The van der Waals surface area contributed by atoms with Gasteiger partial charge in [0.05, 0.1) is 24.5 Å². The van der Waals surface area contributed by atoms with Crippen molar-refractivity contribution in [2.75, 3.05) is 19.8 Å². The van der Waals surface area contributed by atoms with Crippen LogP contribution in [0.1, 0.15) is 39.6 Å². The van der Waals surface area contributed by atoms with E-state index in [1.807, 2.05) is 86.0 Å². The zero-order chi connectivity index (χ0) is 26.8. The lowest BCUT2D eigenvalue weighted by Gasteiger charge is -2.38. The average Bonchev–Trinajstić information content (AvgIpc) is 3.32. The molecule has 38 heavy (non-hydrogen) atoms. The number of benzene rings is 3. The molecular weight excluding hydrogens is 474 g/mol. The van der Waals surface area contributed by atoms with Crippen molar-refractivity contribution in [1.29, 1.82) is 0 Å². The van der Waals surface area contributed by atoms with Gasteiger partial charge in [-0.3, -0.25) is 9.59 Å². The first-order chi connectivity index (χ1) is 18.3. The molecule has 1 aliphatic rings. The van der Waals surface area contributed by atoms with Crippen molar-refractivity contribution in [2.45, 2.75) is 38.4 Å². The van der Waals surface area contributed by atoms with Crippen LogP contribution in [0.5, 0.6) is 0 Å². The maximum Gasteiger partial charge on any atom is 0.245 e. The number of anilines is 1. The first-order valence-corrected chi connectivity index (χ1v) is 12.8. The molecule has 0 fully saturated rings. The lowest BCUT2D eigenvalue weighted by Crippen LogP contribution is -2.53. The van der Waals surface area contributed by atoms with Gasteiger partial charge in [0.2, 0.25) is 11.8 Å². The van der Waals surface area contributed by atoms with Gasteiger partial charge in [-0.05, 0) is 35.2 Å². The topological polar surface area (TPSA) is 84.5 Å². The number of nitrogen functional groups attached to an aromatic ring is 1. The highest BCUT2D eigenvalue weighted by Gasteiger charge is 2.40. The van der Waals surface area contributed by atoms with Crippen LogP contribution < -0.4 is 5.73 Å². The van der Waals surface area contributed by atoms with Gasteiger partial charge in [0, 0.05) is 38.4 Å². The highest BCUT2D eigenvalue weighted by atomic mass is 16.2. The molecular formula is C31H33N5O2. The minimum atomic E-state index is -0.622. The molecule has 5 rings (SSSR count). The first-order valence-electron chi connectivity index (χ1n) is 12.8. The Bertz CT molecular complexity index is 1410. The highest BCUT2D eigenvalue weighted by Crippen LogP contribution is 2.32. The molecule has 7 heteroatoms. The van der Waals surface area contributed by atoms with Gasteiger partial charge in [-0.1, -0.05) is 72.8 Å². The summed E-state index contributed by atoms with van der Waals surface area (Å²) in [7, 11) is 3.47. The first kappa shape index (κ1) is 25.3. The van der Waals surface area contributed by atoms with Gasteiger partial charge >= 0.3 is 0 Å². The van der Waals surface area contributed by atoms with E-state index >= 15 is 0 Å². The molecule has 4 aromatic rings. The Kier molecular flexibility index (Phi) is 7.01. The Morgan fingerprint density at radius 3 is 2.21 bits per heavy atom. The third-order valence-corrected chi connectivity index (χ3v) is 7.32. The number of nitrogens with zero attached hydrogens (tertiary/aromatic N) is 4. The molecule has 0 radical (unpaired) electrons. The lowest BCUT2D eigenvalue weighted by atomic mass is 9.88. The number of aryl methyl sites for hydroxylation is 1. The summed E-state index contributed by atoms with van der Waals surface area (Å²) in [6.45, 7) is 2.90. The number of amides is 2. The number of carbonyl (C=O) groups is 2. The predicted molar refractivity (Wildman–Crippen MR) is 148 cm³/mol. The molecule has 194 valence electrons. The van der Waals surface area contributed by atoms with Crippen molar-refractivity contribution in [3.8, 4) is 0 Å². The van der Waals surface area contributed by atoms with Crippen molar-refractivity contribution in [2.24, 2.45) is 0 Å². The molecule has 0 saturated heterocycles. The summed E-state index contributed by atoms with van der Waals surface area (Å²) in [5.74, 6) is -0.715. The minimum absolute atomic E-state index is 0.0973. The molecule has 1 unspecified atom stereocenters. The summed E-state index contributed by atoms with van der Waals surface area (Å²) >= 11 is 0. The maximum atomic E-state index is 14.3. The Hall–Kier alpha value is -4.39. The molecule has 0 saturated carbocycles. The van der Waals surface area contributed by atoms with E-state index in [9.17, 15) is 9.59 Å². The molecule has 2 amide bonds. The number of hydrogen-bond acceptors (Lipinski definition) is 4. The van der Waals surface area contributed by atoms with Crippen molar-refractivity contribution in [1.82, 2.24) is 19.4 Å². The van der Waals surface area contributed by atoms with Gasteiger partial charge in [-0.2, -0.15) is 0 Å². The fraction of sp³-hybridized carbons (Fsp3) is 0.258. The summed E-state index contributed by atoms with van der Waals surface area (Å²) in [5, 5.41) is 0. The average molecular weight is 508 g/mol. The molecule has 0 bridgehead atoms. The second-order valence-electron chi connectivity index (χ2n) is 10.1. The summed E-state index contributed by atoms with van der Waals surface area (Å²) < 4.78 is 2.09. The fourth-order valence-electron chi connectivity index (χ4n) is 5.24. The molecule has 1 aliphatic heterocycles. The number of aromatic nitrogens is 2. The summed E-state index contributed by atoms with van der Waals surface area (Å²) in [5.41, 5.74) is 12.5. The van der Waals surface area contributed by atoms with Gasteiger partial charge in [0.25, 0.3) is 0 Å². The molecule has 1 aromatic heterocycles. The van der Waals surface area contributed by atoms with E-state index in [2.05, 4.69) is 15.6 Å². The van der Waals surface area contributed by atoms with Gasteiger partial charge in [-0.25, -0.2) is 4.98 Å². The SMILES string of the molecule is Cc1cc(Cn2cnc3c2CC(C(=O)N(C)C)N(C(=O)C(c2ccccc2)c2ccccc2)C3)ccc1N. The quantitative estimate of drug-likeness (QED) is 0.400. The van der Waals surface area contributed by atoms with Crippen molar-refractivity contribution in [3.05, 3.63) is 119 Å². The number of imidazole rings is 1. The number of hydrogen-bond donors (Lipinski definition) is 1. The van der Waals surface area contributed by atoms with E-state index in [1.165, 1.54) is 0 Å². The molecule has 3 aromatic carbocycles. The summed E-state index contributed by atoms with van der Waals surface area (Å²) in [6.07, 6.45) is 2.22. The lowest BCUT2D eigenvalue weighted by molar-refractivity contribution is -0.146. The van der Waals surface area contributed by atoms with Crippen LogP contribution in [0.2, 0.25) is 0 Å². The molecule has 7 nitrogen and oxygen atoms in total. The summed E-state index contributed by atoms with van der Waals surface area (Å²) in [6, 6.07) is 24.9. The second-order valence-corrected chi connectivity index (χ2v) is 10.1. The molecule has 1 atom stereocenters. The molecule has 2 heterocycles. The number of rotatable bonds is 6. The van der Waals surface area contributed by atoms with E-state index in [1.54, 1.807) is 23.9 Å². The molecule has 2 N–H and O–H groups in total. The Morgan fingerprint density at radius 2 is 1.63 bits per heavy atom. The molecule has 0 spiro atoms. The highest BCUT2D eigenvalue weighted by molar-refractivity contribution is 5.93. The zero-order valence-electron chi connectivity index (χ0n) is 22.0. The van der Waals surface area contributed by atoms with Gasteiger partial charge in [-0.15, -0.1) is 0 Å². The monoisotopic (exact) mass is 507 g/mol. The number of carbonyl (C=O) groups excluding carboxylic acids is 2. The smallest absolute Gasteiger partial charge is 0.245 e. The van der Waals surface area contributed by atoms with E-state index in [0.29, 0.717) is 13.0 Å². The van der Waals surface area contributed by atoms with Crippen LogP contribution in [-0.4, -0.2) is 51.3 Å². The Morgan fingerprint density at radius 1 is 1.00 bits per heavy atom. The number of nitrogens with two attached hydrogens (primary N) is 1. The van der Waals surface area contributed by atoms with Crippen LogP contribution in [-0.2, 0) is 29.1 Å². The van der Waals surface area contributed by atoms with Crippen molar-refractivity contribution >= 4 is 17.5 Å². The van der Waals surface area contributed by atoms with Crippen LogP contribution in [0, 0.1) is 6.92 Å². The van der Waals surface area contributed by atoms with E-state index < -0.39 is 12.0 Å². The van der Waals surface area contributed by atoms with Crippen molar-refractivity contribution < 1.29 is 9.59 Å². The number of fused-ring (bicyclic) bond motifs is 1. The second kappa shape index (κ2) is 10.5. The van der Waals surface area contributed by atoms with E-state index in [4.69, 9.17) is 5.73 Å².